The van der Waals surface area contributed by atoms with Crippen LogP contribution in [0.2, 0.25) is 0 Å². The summed E-state index contributed by atoms with van der Waals surface area (Å²) in [6, 6.07) is 5.72. The lowest BCUT2D eigenvalue weighted by molar-refractivity contribution is 0.0786. The number of carbonyl (C=O) groups is 1. The number of nitrogens with zero attached hydrogens (tertiary/aromatic N) is 2. The highest BCUT2D eigenvalue weighted by molar-refractivity contribution is 5.96. The van der Waals surface area contributed by atoms with Crippen molar-refractivity contribution in [3.05, 3.63) is 34.9 Å². The molecule has 0 fully saturated rings. The van der Waals surface area contributed by atoms with Gasteiger partial charge in [0.25, 0.3) is 5.91 Å². The Balaban J connectivity index is 2.98. The number of aryl methyl sites for hydroxylation is 1. The molecular weight excluding hydrogens is 250 g/mol. The standard InChI is InChI=1S/C16H23N3O/c1-13-7-8-14(6-5-9-17)15(12-13)16(20)19(4)11-10-18(2)3/h7-8,12H,9-11,17H2,1-4H3. The zero-order chi connectivity index (χ0) is 15.1. The number of carbonyl (C=O) groups excluding carboxylic acids is 1. The van der Waals surface area contributed by atoms with E-state index in [-0.39, 0.29) is 12.5 Å². The van der Waals surface area contributed by atoms with Crippen molar-refractivity contribution < 1.29 is 4.79 Å². The Kier molecular flexibility index (Phi) is 6.23. The predicted octanol–water partition coefficient (Wildman–Crippen LogP) is 0.939. The molecule has 108 valence electrons. The second-order valence-electron chi connectivity index (χ2n) is 5.08. The molecule has 0 aromatic heterocycles. The zero-order valence-corrected chi connectivity index (χ0v) is 12.7. The first-order valence-electron chi connectivity index (χ1n) is 6.65. The topological polar surface area (TPSA) is 49.6 Å². The number of rotatable bonds is 4. The minimum atomic E-state index is -0.00290. The molecule has 0 spiro atoms. The molecule has 1 aromatic rings. The van der Waals surface area contributed by atoms with E-state index in [1.807, 2.05) is 46.3 Å². The van der Waals surface area contributed by atoms with Crippen molar-refractivity contribution in [1.29, 1.82) is 0 Å². The lowest BCUT2D eigenvalue weighted by Crippen LogP contribution is -2.33. The first-order chi connectivity index (χ1) is 9.45. The third-order valence-electron chi connectivity index (χ3n) is 2.96. The summed E-state index contributed by atoms with van der Waals surface area (Å²) < 4.78 is 0. The van der Waals surface area contributed by atoms with Crippen molar-refractivity contribution in [1.82, 2.24) is 9.80 Å². The highest BCUT2D eigenvalue weighted by atomic mass is 16.2. The molecule has 1 aromatic carbocycles. The maximum Gasteiger partial charge on any atom is 0.254 e. The van der Waals surface area contributed by atoms with Crippen LogP contribution in [0.5, 0.6) is 0 Å². The smallest absolute Gasteiger partial charge is 0.254 e. The average molecular weight is 273 g/mol. The zero-order valence-electron chi connectivity index (χ0n) is 12.7. The molecule has 0 saturated carbocycles. The number of hydrogen-bond acceptors (Lipinski definition) is 3. The van der Waals surface area contributed by atoms with Crippen LogP contribution in [0.1, 0.15) is 21.5 Å². The third kappa shape index (κ3) is 4.69. The normalized spacial score (nSPS) is 10.1. The molecule has 0 saturated heterocycles. The van der Waals surface area contributed by atoms with Crippen molar-refractivity contribution in [2.45, 2.75) is 6.92 Å². The molecule has 0 atom stereocenters. The Labute approximate surface area is 121 Å². The Hall–Kier alpha value is -1.83. The van der Waals surface area contributed by atoms with E-state index in [2.05, 4.69) is 16.7 Å². The molecule has 4 heteroatoms. The van der Waals surface area contributed by atoms with E-state index in [0.29, 0.717) is 12.1 Å². The van der Waals surface area contributed by atoms with Crippen LogP contribution in [0.3, 0.4) is 0 Å². The molecule has 0 radical (unpaired) electrons. The Morgan fingerprint density at radius 2 is 1.95 bits per heavy atom. The molecule has 0 aliphatic carbocycles. The quantitative estimate of drug-likeness (QED) is 0.831. The largest absolute Gasteiger partial charge is 0.340 e. The summed E-state index contributed by atoms with van der Waals surface area (Å²) >= 11 is 0. The van der Waals surface area contributed by atoms with Crippen LogP contribution in [-0.2, 0) is 0 Å². The van der Waals surface area contributed by atoms with E-state index < -0.39 is 0 Å². The SMILES string of the molecule is Cc1ccc(C#CCN)c(C(=O)N(C)CCN(C)C)c1. The van der Waals surface area contributed by atoms with Crippen molar-refractivity contribution in [3.8, 4) is 11.8 Å². The van der Waals surface area contributed by atoms with Crippen LogP contribution < -0.4 is 5.73 Å². The minimum Gasteiger partial charge on any atom is -0.340 e. The molecule has 0 unspecified atom stereocenters. The number of hydrogen-bond donors (Lipinski definition) is 1. The third-order valence-corrected chi connectivity index (χ3v) is 2.96. The molecule has 0 aliphatic rings. The van der Waals surface area contributed by atoms with Gasteiger partial charge in [0.05, 0.1) is 12.1 Å². The van der Waals surface area contributed by atoms with Gasteiger partial charge in [0.2, 0.25) is 0 Å². The summed E-state index contributed by atoms with van der Waals surface area (Å²) in [5.41, 5.74) is 7.83. The average Bonchev–Trinajstić information content (AvgIpc) is 2.42. The van der Waals surface area contributed by atoms with E-state index in [1.165, 1.54) is 0 Å². The van der Waals surface area contributed by atoms with Crippen molar-refractivity contribution >= 4 is 5.91 Å². The monoisotopic (exact) mass is 273 g/mol. The second kappa shape index (κ2) is 7.68. The fraction of sp³-hybridized carbons (Fsp3) is 0.438. The van der Waals surface area contributed by atoms with Crippen LogP contribution in [0.25, 0.3) is 0 Å². The van der Waals surface area contributed by atoms with Gasteiger partial charge in [-0.2, -0.15) is 0 Å². The van der Waals surface area contributed by atoms with Crippen LogP contribution >= 0.6 is 0 Å². The summed E-state index contributed by atoms with van der Waals surface area (Å²) in [7, 11) is 5.79. The van der Waals surface area contributed by atoms with Gasteiger partial charge in [-0.3, -0.25) is 4.79 Å². The van der Waals surface area contributed by atoms with Gasteiger partial charge in [-0.05, 0) is 33.2 Å². The summed E-state index contributed by atoms with van der Waals surface area (Å²) in [5, 5.41) is 0. The fourth-order valence-corrected chi connectivity index (χ4v) is 1.75. The summed E-state index contributed by atoms with van der Waals surface area (Å²) in [4.78, 5) is 16.3. The van der Waals surface area contributed by atoms with Crippen LogP contribution in [-0.4, -0.2) is 56.5 Å². The molecule has 0 heterocycles. The van der Waals surface area contributed by atoms with Gasteiger partial charge in [-0.25, -0.2) is 0 Å². The number of benzene rings is 1. The van der Waals surface area contributed by atoms with Gasteiger partial charge in [0.1, 0.15) is 0 Å². The van der Waals surface area contributed by atoms with Crippen LogP contribution in [0.15, 0.2) is 18.2 Å². The molecule has 20 heavy (non-hydrogen) atoms. The van der Waals surface area contributed by atoms with Crippen LogP contribution in [0, 0.1) is 18.8 Å². The van der Waals surface area contributed by atoms with Gasteiger partial charge in [0.15, 0.2) is 0 Å². The highest BCUT2D eigenvalue weighted by Gasteiger charge is 2.15. The second-order valence-corrected chi connectivity index (χ2v) is 5.08. The van der Waals surface area contributed by atoms with E-state index in [4.69, 9.17) is 5.73 Å². The number of likely N-dealkylation sites (N-methyl/N-ethyl adjacent to an activating group) is 2. The van der Waals surface area contributed by atoms with E-state index >= 15 is 0 Å². The van der Waals surface area contributed by atoms with E-state index in [9.17, 15) is 4.79 Å². The molecule has 0 bridgehead atoms. The van der Waals surface area contributed by atoms with Gasteiger partial charge in [-0.15, -0.1) is 0 Å². The molecule has 4 nitrogen and oxygen atoms in total. The van der Waals surface area contributed by atoms with E-state index in [0.717, 1.165) is 17.7 Å². The first kappa shape index (κ1) is 16.2. The summed E-state index contributed by atoms with van der Waals surface area (Å²) in [5.74, 6) is 5.77. The molecular formula is C16H23N3O. The summed E-state index contributed by atoms with van der Waals surface area (Å²) in [6.45, 7) is 3.77. The van der Waals surface area contributed by atoms with E-state index in [1.54, 1.807) is 4.90 Å². The van der Waals surface area contributed by atoms with Gasteiger partial charge < -0.3 is 15.5 Å². The maximum atomic E-state index is 12.5. The molecule has 1 amide bonds. The Morgan fingerprint density at radius 3 is 2.55 bits per heavy atom. The Bertz CT molecular complexity index is 526. The number of nitrogens with two attached hydrogens (primary N) is 1. The van der Waals surface area contributed by atoms with Gasteiger partial charge in [0, 0.05) is 25.7 Å². The number of amides is 1. The predicted molar refractivity (Wildman–Crippen MR) is 82.6 cm³/mol. The molecule has 2 N–H and O–H groups in total. The van der Waals surface area contributed by atoms with Crippen LogP contribution in [0.4, 0.5) is 0 Å². The maximum absolute atomic E-state index is 12.5. The summed E-state index contributed by atoms with van der Waals surface area (Å²) in [6.07, 6.45) is 0. The minimum absolute atomic E-state index is 0.00290. The Morgan fingerprint density at radius 1 is 1.25 bits per heavy atom. The first-order valence-corrected chi connectivity index (χ1v) is 6.65. The lowest BCUT2D eigenvalue weighted by Gasteiger charge is -2.20. The van der Waals surface area contributed by atoms with Crippen molar-refractivity contribution in [3.63, 3.8) is 0 Å². The highest BCUT2D eigenvalue weighted by Crippen LogP contribution is 2.13. The van der Waals surface area contributed by atoms with Crippen molar-refractivity contribution in [2.24, 2.45) is 5.73 Å². The fourth-order valence-electron chi connectivity index (χ4n) is 1.75. The molecule has 1 rings (SSSR count). The van der Waals surface area contributed by atoms with Crippen molar-refractivity contribution in [2.75, 3.05) is 40.8 Å². The van der Waals surface area contributed by atoms with Gasteiger partial charge >= 0.3 is 0 Å². The lowest BCUT2D eigenvalue weighted by atomic mass is 10.0. The molecule has 0 aliphatic heterocycles. The van der Waals surface area contributed by atoms with Gasteiger partial charge in [-0.1, -0.05) is 23.5 Å².